The summed E-state index contributed by atoms with van der Waals surface area (Å²) in [7, 11) is 0. The Bertz CT molecular complexity index is 516. The monoisotopic (exact) mass is 349 g/mol. The maximum Gasteiger partial charge on any atom is 0.119 e. The number of aromatic nitrogens is 2. The zero-order valence-corrected chi connectivity index (χ0v) is 14.4. The molecule has 0 atom stereocenters. The highest BCUT2D eigenvalue weighted by molar-refractivity contribution is 9.11. The number of nitrogens with zero attached hydrogens (tertiary/aromatic N) is 1. The van der Waals surface area contributed by atoms with Gasteiger partial charge < -0.3 is 10.3 Å². The molecule has 114 valence electrons. The van der Waals surface area contributed by atoms with E-state index in [0.717, 1.165) is 36.2 Å². The molecule has 0 radical (unpaired) electrons. The van der Waals surface area contributed by atoms with Crippen LogP contribution in [0.5, 0.6) is 0 Å². The molecule has 4 heteroatoms. The maximum atomic E-state index is 4.40. The minimum Gasteiger partial charge on any atom is -0.349 e. The zero-order chi connectivity index (χ0) is 15.3. The Labute approximate surface area is 136 Å². The molecular formula is C17H24BrN3. The van der Waals surface area contributed by atoms with Gasteiger partial charge in [0.1, 0.15) is 5.82 Å². The number of hydrogen-bond acceptors (Lipinski definition) is 2. The molecule has 0 aromatic carbocycles. The Morgan fingerprint density at radius 2 is 2.29 bits per heavy atom. The van der Waals surface area contributed by atoms with Crippen molar-refractivity contribution in [2.24, 2.45) is 0 Å². The SMILES string of the molecule is C/C=C(Br)\C=C/Cc1cccnc(CNCCC)[nH]cc1. The summed E-state index contributed by atoms with van der Waals surface area (Å²) in [5, 5.41) is 3.34. The summed E-state index contributed by atoms with van der Waals surface area (Å²) < 4.78 is 1.09. The molecule has 2 N–H and O–H groups in total. The summed E-state index contributed by atoms with van der Waals surface area (Å²) >= 11 is 3.47. The maximum absolute atomic E-state index is 4.40. The van der Waals surface area contributed by atoms with Crippen LogP contribution < -0.4 is 5.32 Å². The molecule has 0 aliphatic heterocycles. The van der Waals surface area contributed by atoms with Crippen molar-refractivity contribution in [2.45, 2.75) is 33.2 Å². The number of rotatable bonds is 7. The van der Waals surface area contributed by atoms with Crippen LogP contribution in [0.25, 0.3) is 0 Å². The molecule has 0 spiro atoms. The van der Waals surface area contributed by atoms with E-state index in [0.29, 0.717) is 0 Å². The average molecular weight is 350 g/mol. The molecule has 21 heavy (non-hydrogen) atoms. The molecule has 1 aromatic heterocycles. The topological polar surface area (TPSA) is 40.7 Å². The third-order valence-corrected chi connectivity index (χ3v) is 3.52. The highest BCUT2D eigenvalue weighted by atomic mass is 79.9. The van der Waals surface area contributed by atoms with Crippen LogP contribution in [0.1, 0.15) is 31.7 Å². The van der Waals surface area contributed by atoms with E-state index in [2.05, 4.69) is 62.4 Å². The second-order valence-corrected chi connectivity index (χ2v) is 5.51. The predicted molar refractivity (Wildman–Crippen MR) is 93.7 cm³/mol. The van der Waals surface area contributed by atoms with Gasteiger partial charge in [0.15, 0.2) is 0 Å². The lowest BCUT2D eigenvalue weighted by atomic mass is 10.2. The van der Waals surface area contributed by atoms with Gasteiger partial charge >= 0.3 is 0 Å². The van der Waals surface area contributed by atoms with Gasteiger partial charge in [-0.2, -0.15) is 0 Å². The van der Waals surface area contributed by atoms with Crippen molar-refractivity contribution >= 4 is 15.9 Å². The Morgan fingerprint density at radius 1 is 1.43 bits per heavy atom. The van der Waals surface area contributed by atoms with E-state index in [4.69, 9.17) is 0 Å². The number of H-pyrrole nitrogens is 1. The van der Waals surface area contributed by atoms with E-state index in [1.807, 2.05) is 31.5 Å². The first kappa shape index (κ1) is 17.7. The number of nitrogens with one attached hydrogen (secondary N) is 2. The van der Waals surface area contributed by atoms with E-state index in [1.165, 1.54) is 5.56 Å². The Balaban J connectivity index is 2.74. The fourth-order valence-electron chi connectivity index (χ4n) is 1.66. The summed E-state index contributed by atoms with van der Waals surface area (Å²) in [4.78, 5) is 7.63. The Hall–Kier alpha value is -1.39. The highest BCUT2D eigenvalue weighted by Crippen LogP contribution is 2.07. The van der Waals surface area contributed by atoms with Crippen LogP contribution >= 0.6 is 15.9 Å². The van der Waals surface area contributed by atoms with Crippen molar-refractivity contribution < 1.29 is 0 Å². The van der Waals surface area contributed by atoms with E-state index in [9.17, 15) is 0 Å². The van der Waals surface area contributed by atoms with Crippen LogP contribution in [0.2, 0.25) is 0 Å². The smallest absolute Gasteiger partial charge is 0.119 e. The van der Waals surface area contributed by atoms with Crippen molar-refractivity contribution in [1.29, 1.82) is 0 Å². The zero-order valence-electron chi connectivity index (χ0n) is 12.8. The molecule has 0 saturated heterocycles. The minimum atomic E-state index is 0.756. The van der Waals surface area contributed by atoms with Crippen LogP contribution in [0.4, 0.5) is 0 Å². The van der Waals surface area contributed by atoms with E-state index in [1.54, 1.807) is 0 Å². The molecule has 0 bridgehead atoms. The summed E-state index contributed by atoms with van der Waals surface area (Å²) in [5.41, 5.74) is 1.23. The van der Waals surface area contributed by atoms with E-state index >= 15 is 0 Å². The Kier molecular flexibility index (Phi) is 9.49. The fraction of sp³-hybridized carbons (Fsp3) is 0.353. The second-order valence-electron chi connectivity index (χ2n) is 4.59. The van der Waals surface area contributed by atoms with Crippen molar-refractivity contribution in [1.82, 2.24) is 15.3 Å². The second kappa shape index (κ2) is 11.3. The van der Waals surface area contributed by atoms with Gasteiger partial charge in [-0.3, -0.25) is 0 Å². The van der Waals surface area contributed by atoms with Gasteiger partial charge in [-0.1, -0.05) is 47.1 Å². The lowest BCUT2D eigenvalue weighted by Gasteiger charge is -1.99. The third-order valence-electron chi connectivity index (χ3n) is 2.80. The van der Waals surface area contributed by atoms with Gasteiger partial charge in [0.2, 0.25) is 0 Å². The van der Waals surface area contributed by atoms with Crippen LogP contribution in [0, 0.1) is 0 Å². The standard InChI is InChI=1S/C17H24BrN3/c1-3-11-19-14-17-20-12-6-8-15(10-13-21-17)7-5-9-16(18)4-2/h4-6,8-10,12-13,19H,3,7,11,14H2,1-2H3,(H,20,21)/b9-5-,12-6?,13-10?,15-8?,16-4+. The van der Waals surface area contributed by atoms with Crippen LogP contribution in [-0.2, 0) is 13.0 Å². The van der Waals surface area contributed by atoms with Crippen molar-refractivity contribution in [2.75, 3.05) is 6.54 Å². The molecule has 1 rings (SSSR count). The predicted octanol–water partition coefficient (Wildman–Crippen LogP) is 4.43. The van der Waals surface area contributed by atoms with Gasteiger partial charge in [0.05, 0.1) is 6.54 Å². The average Bonchev–Trinajstić information content (AvgIpc) is 2.60. The first-order valence-corrected chi connectivity index (χ1v) is 8.10. The molecule has 3 nitrogen and oxygen atoms in total. The van der Waals surface area contributed by atoms with Gasteiger partial charge in [0.25, 0.3) is 0 Å². The number of aromatic amines is 1. The minimum absolute atomic E-state index is 0.756. The van der Waals surface area contributed by atoms with Gasteiger partial charge in [-0.05, 0) is 44.0 Å². The summed E-state index contributed by atoms with van der Waals surface area (Å²) in [6, 6.07) is 6.14. The molecule has 0 amide bonds. The summed E-state index contributed by atoms with van der Waals surface area (Å²) in [6.07, 6.45) is 12.0. The number of allylic oxidation sites excluding steroid dienone is 4. The molecule has 0 aliphatic rings. The molecule has 0 unspecified atom stereocenters. The third kappa shape index (κ3) is 8.48. The molecule has 0 saturated carbocycles. The summed E-state index contributed by atoms with van der Waals surface area (Å²) in [6.45, 7) is 5.92. The van der Waals surface area contributed by atoms with Crippen molar-refractivity contribution in [3.05, 3.63) is 64.7 Å². The lowest BCUT2D eigenvalue weighted by Crippen LogP contribution is -2.15. The first-order chi connectivity index (χ1) is 10.3. The Morgan fingerprint density at radius 3 is 3.05 bits per heavy atom. The van der Waals surface area contributed by atoms with Gasteiger partial charge in [0, 0.05) is 16.9 Å². The normalized spacial score (nSPS) is 11.7. The molecular weight excluding hydrogens is 326 g/mol. The van der Waals surface area contributed by atoms with Crippen molar-refractivity contribution in [3.63, 3.8) is 0 Å². The lowest BCUT2D eigenvalue weighted by molar-refractivity contribution is 0.651. The number of halogens is 1. The fourth-order valence-corrected chi connectivity index (χ4v) is 1.84. The summed E-state index contributed by atoms with van der Waals surface area (Å²) in [5.74, 6) is 0.929. The largest absolute Gasteiger partial charge is 0.349 e. The molecule has 0 aliphatic carbocycles. The van der Waals surface area contributed by atoms with Crippen LogP contribution in [0.3, 0.4) is 0 Å². The van der Waals surface area contributed by atoms with Crippen LogP contribution in [0.15, 0.2) is 53.3 Å². The van der Waals surface area contributed by atoms with E-state index in [-0.39, 0.29) is 0 Å². The first-order valence-electron chi connectivity index (χ1n) is 7.30. The van der Waals surface area contributed by atoms with Crippen LogP contribution in [-0.4, -0.2) is 16.5 Å². The van der Waals surface area contributed by atoms with Gasteiger partial charge in [-0.15, -0.1) is 0 Å². The van der Waals surface area contributed by atoms with Crippen molar-refractivity contribution in [3.8, 4) is 0 Å². The van der Waals surface area contributed by atoms with E-state index < -0.39 is 0 Å². The highest BCUT2D eigenvalue weighted by Gasteiger charge is 1.90. The van der Waals surface area contributed by atoms with Gasteiger partial charge in [-0.25, -0.2) is 4.98 Å². The number of hydrogen-bond donors (Lipinski definition) is 2. The molecule has 0 fully saturated rings. The quantitative estimate of drug-likeness (QED) is 0.564. The molecule has 1 heterocycles. The molecule has 1 aromatic rings.